The van der Waals surface area contributed by atoms with Gasteiger partial charge in [-0.15, -0.1) is 12.6 Å². The quantitative estimate of drug-likeness (QED) is 0.579. The van der Waals surface area contributed by atoms with Gasteiger partial charge in [0.2, 0.25) is 0 Å². The molecule has 1 N–H and O–H groups in total. The van der Waals surface area contributed by atoms with E-state index >= 15 is 0 Å². The normalized spacial score (nSPS) is 9.86. The topological polar surface area (TPSA) is 29.1 Å². The van der Waals surface area contributed by atoms with Crippen molar-refractivity contribution in [1.29, 1.82) is 0 Å². The number of nitrogens with one attached hydrogen (secondary N) is 1. The van der Waals surface area contributed by atoms with E-state index in [0.29, 0.717) is 5.56 Å². The van der Waals surface area contributed by atoms with Gasteiger partial charge < -0.3 is 5.32 Å². The maximum atomic E-state index is 11.5. The molecule has 0 unspecified atom stereocenters. The number of unbranched alkanes of at least 4 members (excludes halogenated alkanes) is 1. The van der Waals surface area contributed by atoms with Gasteiger partial charge in [-0.2, -0.15) is 0 Å². The van der Waals surface area contributed by atoms with Crippen LogP contribution < -0.4 is 5.32 Å². The molecule has 0 atom stereocenters. The van der Waals surface area contributed by atoms with Crippen LogP contribution in [0.15, 0.2) is 29.2 Å². The van der Waals surface area contributed by atoms with E-state index in [-0.39, 0.29) is 5.91 Å². The minimum atomic E-state index is -0.0191. The highest BCUT2D eigenvalue weighted by atomic mass is 32.1. The van der Waals surface area contributed by atoms with Gasteiger partial charge in [0.25, 0.3) is 5.91 Å². The molecule has 0 radical (unpaired) electrons. The zero-order chi connectivity index (χ0) is 10.4. The van der Waals surface area contributed by atoms with E-state index in [4.69, 9.17) is 0 Å². The smallest absolute Gasteiger partial charge is 0.251 e. The second-order valence-corrected chi connectivity index (χ2v) is 3.68. The number of benzene rings is 1. The van der Waals surface area contributed by atoms with E-state index in [0.717, 1.165) is 24.3 Å². The molecule has 14 heavy (non-hydrogen) atoms. The zero-order valence-electron chi connectivity index (χ0n) is 8.29. The second kappa shape index (κ2) is 5.70. The van der Waals surface area contributed by atoms with Crippen LogP contribution >= 0.6 is 12.6 Å². The third-order valence-corrected chi connectivity index (χ3v) is 2.20. The number of carbonyl (C=O) groups is 1. The standard InChI is InChI=1S/C11H15NOS/c1-2-3-7-12-11(13)9-5-4-6-10(14)8-9/h4-6,8,14H,2-3,7H2,1H3,(H,12,13). The van der Waals surface area contributed by atoms with Crippen LogP contribution in [-0.4, -0.2) is 12.5 Å². The zero-order valence-corrected chi connectivity index (χ0v) is 9.18. The Labute approximate surface area is 90.1 Å². The Bertz CT molecular complexity index is 312. The molecule has 0 aliphatic rings. The van der Waals surface area contributed by atoms with Gasteiger partial charge in [0.15, 0.2) is 0 Å². The largest absolute Gasteiger partial charge is 0.352 e. The van der Waals surface area contributed by atoms with Gasteiger partial charge in [0, 0.05) is 17.0 Å². The predicted octanol–water partition coefficient (Wildman–Crippen LogP) is 2.51. The highest BCUT2D eigenvalue weighted by Gasteiger charge is 2.03. The highest BCUT2D eigenvalue weighted by molar-refractivity contribution is 7.80. The van der Waals surface area contributed by atoms with Gasteiger partial charge in [-0.05, 0) is 24.6 Å². The summed E-state index contributed by atoms with van der Waals surface area (Å²) in [6.07, 6.45) is 2.11. The fourth-order valence-corrected chi connectivity index (χ4v) is 1.35. The van der Waals surface area contributed by atoms with Crippen molar-refractivity contribution < 1.29 is 4.79 Å². The van der Waals surface area contributed by atoms with Gasteiger partial charge in [-0.1, -0.05) is 19.4 Å². The molecule has 1 rings (SSSR count). The molecule has 1 aromatic rings. The van der Waals surface area contributed by atoms with E-state index in [1.165, 1.54) is 0 Å². The van der Waals surface area contributed by atoms with Crippen molar-refractivity contribution in [2.75, 3.05) is 6.54 Å². The summed E-state index contributed by atoms with van der Waals surface area (Å²) < 4.78 is 0. The lowest BCUT2D eigenvalue weighted by Crippen LogP contribution is -2.24. The molecule has 2 nitrogen and oxygen atoms in total. The summed E-state index contributed by atoms with van der Waals surface area (Å²) in [5, 5.41) is 2.85. The van der Waals surface area contributed by atoms with Crippen molar-refractivity contribution in [2.45, 2.75) is 24.7 Å². The number of carbonyl (C=O) groups excluding carboxylic acids is 1. The molecular formula is C11H15NOS. The number of amides is 1. The number of rotatable bonds is 4. The van der Waals surface area contributed by atoms with Gasteiger partial charge in [-0.3, -0.25) is 4.79 Å². The SMILES string of the molecule is CCCCNC(=O)c1cccc(S)c1. The summed E-state index contributed by atoms with van der Waals surface area (Å²) in [5.74, 6) is -0.0191. The van der Waals surface area contributed by atoms with E-state index in [1.807, 2.05) is 12.1 Å². The van der Waals surface area contributed by atoms with Crippen LogP contribution in [0.25, 0.3) is 0 Å². The Morgan fingerprint density at radius 3 is 2.93 bits per heavy atom. The Morgan fingerprint density at radius 1 is 1.50 bits per heavy atom. The monoisotopic (exact) mass is 209 g/mol. The molecule has 0 heterocycles. The van der Waals surface area contributed by atoms with E-state index < -0.39 is 0 Å². The summed E-state index contributed by atoms with van der Waals surface area (Å²) in [6.45, 7) is 2.84. The number of hydrogen-bond acceptors (Lipinski definition) is 2. The van der Waals surface area contributed by atoms with Crippen molar-refractivity contribution in [1.82, 2.24) is 5.32 Å². The Morgan fingerprint density at radius 2 is 2.29 bits per heavy atom. The van der Waals surface area contributed by atoms with Crippen molar-refractivity contribution in [3.63, 3.8) is 0 Å². The fourth-order valence-electron chi connectivity index (χ4n) is 1.13. The summed E-state index contributed by atoms with van der Waals surface area (Å²) in [4.78, 5) is 12.3. The van der Waals surface area contributed by atoms with Gasteiger partial charge in [0.05, 0.1) is 0 Å². The van der Waals surface area contributed by atoms with Crippen molar-refractivity contribution in [3.8, 4) is 0 Å². The van der Waals surface area contributed by atoms with Gasteiger partial charge >= 0.3 is 0 Å². The fraction of sp³-hybridized carbons (Fsp3) is 0.364. The van der Waals surface area contributed by atoms with E-state index in [9.17, 15) is 4.79 Å². The molecule has 0 bridgehead atoms. The molecule has 0 aliphatic heterocycles. The third kappa shape index (κ3) is 3.42. The summed E-state index contributed by atoms with van der Waals surface area (Å²) in [5.41, 5.74) is 0.675. The molecule has 0 fully saturated rings. The maximum Gasteiger partial charge on any atom is 0.251 e. The summed E-state index contributed by atoms with van der Waals surface area (Å²) >= 11 is 4.18. The molecule has 0 aliphatic carbocycles. The highest BCUT2D eigenvalue weighted by Crippen LogP contribution is 2.08. The molecular weight excluding hydrogens is 194 g/mol. The first-order chi connectivity index (χ1) is 6.74. The Hall–Kier alpha value is -0.960. The summed E-state index contributed by atoms with van der Waals surface area (Å²) in [6, 6.07) is 7.24. The second-order valence-electron chi connectivity index (χ2n) is 3.16. The van der Waals surface area contributed by atoms with Crippen molar-refractivity contribution in [2.24, 2.45) is 0 Å². The number of thiol groups is 1. The van der Waals surface area contributed by atoms with E-state index in [1.54, 1.807) is 12.1 Å². The number of hydrogen-bond donors (Lipinski definition) is 2. The maximum absolute atomic E-state index is 11.5. The average molecular weight is 209 g/mol. The van der Waals surface area contributed by atoms with Crippen LogP contribution in [0, 0.1) is 0 Å². The molecule has 0 saturated carbocycles. The van der Waals surface area contributed by atoms with Gasteiger partial charge in [-0.25, -0.2) is 0 Å². The summed E-state index contributed by atoms with van der Waals surface area (Å²) in [7, 11) is 0. The minimum Gasteiger partial charge on any atom is -0.352 e. The molecule has 3 heteroatoms. The lowest BCUT2D eigenvalue weighted by molar-refractivity contribution is 0.0953. The molecule has 76 valence electrons. The molecule has 1 amide bonds. The van der Waals surface area contributed by atoms with Crippen molar-refractivity contribution in [3.05, 3.63) is 29.8 Å². The predicted molar refractivity (Wildman–Crippen MR) is 60.9 cm³/mol. The first-order valence-electron chi connectivity index (χ1n) is 4.81. The van der Waals surface area contributed by atoms with Gasteiger partial charge in [0.1, 0.15) is 0 Å². The van der Waals surface area contributed by atoms with Crippen LogP contribution in [0.3, 0.4) is 0 Å². The molecule has 1 aromatic carbocycles. The van der Waals surface area contributed by atoms with Crippen LogP contribution in [-0.2, 0) is 0 Å². The lowest BCUT2D eigenvalue weighted by Gasteiger charge is -2.04. The van der Waals surface area contributed by atoms with Crippen LogP contribution in [0.2, 0.25) is 0 Å². The molecule has 0 spiro atoms. The first kappa shape index (κ1) is 11.1. The van der Waals surface area contributed by atoms with Crippen LogP contribution in [0.5, 0.6) is 0 Å². The van der Waals surface area contributed by atoms with E-state index in [2.05, 4.69) is 24.9 Å². The Balaban J connectivity index is 2.52. The lowest BCUT2D eigenvalue weighted by atomic mass is 10.2. The van der Waals surface area contributed by atoms with Crippen molar-refractivity contribution >= 4 is 18.5 Å². The Kier molecular flexibility index (Phi) is 4.53. The molecule has 0 aromatic heterocycles. The molecule has 0 saturated heterocycles. The van der Waals surface area contributed by atoms with Crippen LogP contribution in [0.4, 0.5) is 0 Å². The van der Waals surface area contributed by atoms with Crippen LogP contribution in [0.1, 0.15) is 30.1 Å². The average Bonchev–Trinajstić information content (AvgIpc) is 2.18. The third-order valence-electron chi connectivity index (χ3n) is 1.92. The first-order valence-corrected chi connectivity index (χ1v) is 5.26. The minimum absolute atomic E-state index is 0.0191.